The van der Waals surface area contributed by atoms with E-state index in [0.717, 1.165) is 70.4 Å². The summed E-state index contributed by atoms with van der Waals surface area (Å²) in [5.74, 6) is 0.292. The van der Waals surface area contributed by atoms with Gasteiger partial charge in [0, 0.05) is 84.7 Å². The molecule has 390 valence electrons. The minimum absolute atomic E-state index is 0.0353. The predicted octanol–water partition coefficient (Wildman–Crippen LogP) is 5.62. The summed E-state index contributed by atoms with van der Waals surface area (Å²) in [5.41, 5.74) is 15.1. The zero-order valence-electron chi connectivity index (χ0n) is 43.2. The first-order valence-corrected chi connectivity index (χ1v) is 26.5. The van der Waals surface area contributed by atoms with Crippen LogP contribution in [-0.4, -0.2) is 134 Å². The maximum absolute atomic E-state index is 15.0. The Morgan fingerprint density at radius 3 is 2.60 bits per heavy atom. The number of urea groups is 1. The summed E-state index contributed by atoms with van der Waals surface area (Å²) in [6, 6.07) is 7.57. The molecule has 3 saturated heterocycles. The number of nitrogens with zero attached hydrogens (tertiary/aromatic N) is 7. The number of rotatable bonds is 10. The Hall–Kier alpha value is -5.86. The van der Waals surface area contributed by atoms with Crippen molar-refractivity contribution in [1.29, 1.82) is 0 Å². The van der Waals surface area contributed by atoms with Crippen LogP contribution in [0, 0.1) is 23.2 Å². The van der Waals surface area contributed by atoms with Gasteiger partial charge in [-0.25, -0.2) is 20.2 Å². The fraction of sp³-hybridized carbons (Fsp3) is 0.593. The molecule has 5 fully saturated rings. The lowest BCUT2D eigenvalue weighted by molar-refractivity contribution is -0.219. The van der Waals surface area contributed by atoms with Crippen LogP contribution >= 0.6 is 0 Å². The smallest absolute Gasteiger partial charge is 0.340 e. The average molecular weight is 1000 g/mol. The fourth-order valence-corrected chi connectivity index (χ4v) is 12.2. The number of aryl methyl sites for hydroxylation is 1. The molecule has 4 N–H and O–H groups in total. The Morgan fingerprint density at radius 1 is 1.03 bits per heavy atom. The number of hydrogen-bond donors (Lipinski definition) is 4. The van der Waals surface area contributed by atoms with E-state index in [0.29, 0.717) is 76.2 Å². The van der Waals surface area contributed by atoms with Gasteiger partial charge in [0.15, 0.2) is 11.7 Å². The molecule has 73 heavy (non-hydrogen) atoms. The Kier molecular flexibility index (Phi) is 13.1. The second-order valence-corrected chi connectivity index (χ2v) is 22.5. The van der Waals surface area contributed by atoms with Gasteiger partial charge in [0.1, 0.15) is 17.7 Å². The summed E-state index contributed by atoms with van der Waals surface area (Å²) in [4.78, 5) is 71.5. The van der Waals surface area contributed by atoms with Gasteiger partial charge in [-0.15, -0.1) is 5.53 Å². The zero-order chi connectivity index (χ0) is 50.9. The molecule has 4 aromatic rings. The fourth-order valence-electron chi connectivity index (χ4n) is 12.2. The van der Waals surface area contributed by atoms with Crippen molar-refractivity contribution in [1.82, 2.24) is 56.1 Å². The Morgan fingerprint density at radius 2 is 1.85 bits per heavy atom. The van der Waals surface area contributed by atoms with Crippen molar-refractivity contribution in [2.75, 3.05) is 46.5 Å². The molecule has 11 rings (SSSR count). The molecular weight excluding hydrogens is 931 g/mol. The molecule has 8 heterocycles. The number of nitrogens with one attached hydrogen (secondary N) is 4. The molecule has 1 aromatic carbocycles. The number of esters is 1. The van der Waals surface area contributed by atoms with Gasteiger partial charge in [-0.05, 0) is 107 Å². The Labute approximate surface area is 426 Å². The first-order valence-electron chi connectivity index (χ1n) is 26.5. The van der Waals surface area contributed by atoms with Gasteiger partial charge >= 0.3 is 12.0 Å². The van der Waals surface area contributed by atoms with E-state index >= 15 is 0 Å². The van der Waals surface area contributed by atoms with E-state index in [-0.39, 0.29) is 48.9 Å². The lowest BCUT2D eigenvalue weighted by Crippen LogP contribution is -2.79. The number of ether oxygens (including phenoxy) is 3. The minimum atomic E-state index is -1.10. The SMILES string of the molecule is CCn1c(-c2cccnc2[C@H](C)OC)c2c3cc(ccc31)-c1cnc(o1)C[C@H](NC(=O)[C@H](C(C)C)N1CCOC3(CN(C(=O)N4C=C(C5CC5)NN4)C3C3CC3)C1)C(=O)N1CCC[C@H](N1)C(=O)OCC(C)(C)C2. The number of hydrogen-bond acceptors (Lipinski definition) is 14. The van der Waals surface area contributed by atoms with E-state index < -0.39 is 41.0 Å². The number of oxazole rings is 1. The van der Waals surface area contributed by atoms with Crippen LogP contribution in [-0.2, 0) is 48.0 Å². The van der Waals surface area contributed by atoms with Crippen LogP contribution in [0.25, 0.3) is 33.5 Å². The largest absolute Gasteiger partial charge is 0.464 e. The Bertz CT molecular complexity index is 2820. The maximum Gasteiger partial charge on any atom is 0.340 e. The van der Waals surface area contributed by atoms with E-state index in [9.17, 15) is 19.2 Å². The van der Waals surface area contributed by atoms with Crippen LogP contribution in [0.5, 0.6) is 0 Å². The quantitative estimate of drug-likeness (QED) is 0.143. The monoisotopic (exact) mass is 1000 g/mol. The topological polar surface area (TPSA) is 201 Å². The van der Waals surface area contributed by atoms with Crippen LogP contribution in [0.4, 0.5) is 4.79 Å². The summed E-state index contributed by atoms with van der Waals surface area (Å²) in [6.45, 7) is 15.3. The molecule has 6 atom stereocenters. The number of carbonyl (C=O) groups excluding carboxylic acids is 4. The van der Waals surface area contributed by atoms with Crippen molar-refractivity contribution in [3.05, 3.63) is 71.8 Å². The zero-order valence-corrected chi connectivity index (χ0v) is 43.2. The summed E-state index contributed by atoms with van der Waals surface area (Å²) in [6.07, 6.45) is 10.9. The highest BCUT2D eigenvalue weighted by atomic mass is 16.5. The number of morpholine rings is 1. The van der Waals surface area contributed by atoms with E-state index in [1.165, 1.54) is 5.01 Å². The molecule has 5 aliphatic heterocycles. The molecule has 2 saturated carbocycles. The summed E-state index contributed by atoms with van der Waals surface area (Å²) in [7, 11) is 1.69. The van der Waals surface area contributed by atoms with Gasteiger partial charge in [0.2, 0.25) is 5.91 Å². The molecule has 1 spiro atoms. The van der Waals surface area contributed by atoms with Gasteiger partial charge in [0.05, 0.1) is 62.0 Å². The molecule has 0 radical (unpaired) electrons. The van der Waals surface area contributed by atoms with Crippen LogP contribution < -0.4 is 21.7 Å². The third-order valence-electron chi connectivity index (χ3n) is 16.1. The third kappa shape index (κ3) is 9.40. The summed E-state index contributed by atoms with van der Waals surface area (Å²) < 4.78 is 27.5. The van der Waals surface area contributed by atoms with Crippen molar-refractivity contribution in [3.8, 4) is 22.6 Å². The van der Waals surface area contributed by atoms with E-state index in [2.05, 4.69) is 70.1 Å². The standard InChI is InChI=1S/C54H71N11O8/c1-8-62-42-18-17-35-23-37(42)38(47(62)36-11-9-19-55-45(36)32(4)70-7)25-53(5,6)30-71-51(68)39-12-10-20-64(59-39)50(67)40(24-44-56-26-43(35)73-44)57-49(66)46(31(2)3)61-21-22-72-54(28-61)29-63(48(54)34-15-16-34)52(69)65-27-41(58-60-65)33-13-14-33/h9,11,17-19,23,26-27,31-34,39-40,46,48,58-60H,8,10,12-16,20-22,24-25,28-30H2,1-7H3,(H,57,66)/t32-,39-,40-,46-,48?,54?/m0/s1. The van der Waals surface area contributed by atoms with Gasteiger partial charge in [-0.2, -0.15) is 0 Å². The second kappa shape index (κ2) is 19.4. The normalized spacial score (nSPS) is 26.5. The van der Waals surface area contributed by atoms with Crippen molar-refractivity contribution in [2.45, 2.75) is 135 Å². The van der Waals surface area contributed by atoms with Gasteiger partial charge < -0.3 is 38.8 Å². The lowest BCUT2D eigenvalue weighted by atomic mass is 9.78. The molecule has 7 aliphatic rings. The van der Waals surface area contributed by atoms with Crippen molar-refractivity contribution in [3.63, 3.8) is 0 Å². The molecule has 2 unspecified atom stereocenters. The van der Waals surface area contributed by atoms with E-state index in [1.54, 1.807) is 24.5 Å². The second-order valence-electron chi connectivity index (χ2n) is 22.5. The maximum atomic E-state index is 15.0. The Balaban J connectivity index is 0.897. The molecule has 3 aromatic heterocycles. The molecule has 2 aliphatic carbocycles. The van der Waals surface area contributed by atoms with Crippen molar-refractivity contribution in [2.24, 2.45) is 23.2 Å². The number of likely N-dealkylation sites (tertiary alicyclic amines) is 1. The number of aromatic nitrogens is 3. The first kappa shape index (κ1) is 49.4. The highest BCUT2D eigenvalue weighted by Crippen LogP contribution is 2.50. The van der Waals surface area contributed by atoms with Crippen LogP contribution in [0.15, 0.2) is 59.0 Å². The van der Waals surface area contributed by atoms with Crippen LogP contribution in [0.3, 0.4) is 0 Å². The number of amides is 4. The van der Waals surface area contributed by atoms with Gasteiger partial charge in [0.25, 0.3) is 5.91 Å². The number of benzene rings is 1. The highest BCUT2D eigenvalue weighted by Gasteiger charge is 2.63. The number of fused-ring (bicyclic) bond motifs is 6. The number of allylic oxidation sites excluding steroid dienone is 1. The predicted molar refractivity (Wildman–Crippen MR) is 270 cm³/mol. The number of cyclic esters (lactones) is 1. The molecule has 6 bridgehead atoms. The molecule has 19 heteroatoms. The number of pyridine rings is 1. The molecule has 4 amide bonds. The average Bonchev–Trinajstić information content (AvgIpc) is 4.28. The third-order valence-corrected chi connectivity index (χ3v) is 16.1. The minimum Gasteiger partial charge on any atom is -0.464 e. The first-order chi connectivity index (χ1) is 35.2. The van der Waals surface area contributed by atoms with Gasteiger partial charge in [-0.3, -0.25) is 29.3 Å². The molecule has 19 nitrogen and oxygen atoms in total. The lowest BCUT2D eigenvalue weighted by Gasteiger charge is -2.61. The van der Waals surface area contributed by atoms with Gasteiger partial charge in [-0.1, -0.05) is 27.7 Å². The highest BCUT2D eigenvalue weighted by molar-refractivity contribution is 5.95. The van der Waals surface area contributed by atoms with Crippen molar-refractivity contribution < 1.29 is 37.8 Å². The van der Waals surface area contributed by atoms with E-state index in [1.807, 2.05) is 44.0 Å². The van der Waals surface area contributed by atoms with Crippen LogP contribution in [0.2, 0.25) is 0 Å². The summed E-state index contributed by atoms with van der Waals surface area (Å²) in [5, 5.41) is 7.19. The number of hydrazine groups is 3. The number of methoxy groups -OCH3 is 1. The van der Waals surface area contributed by atoms with Crippen LogP contribution in [0.1, 0.15) is 103 Å². The number of carbonyl (C=O) groups is 4. The summed E-state index contributed by atoms with van der Waals surface area (Å²) >= 11 is 0. The molecular formula is C54H71N11O8. The van der Waals surface area contributed by atoms with E-state index in [4.69, 9.17) is 28.6 Å². The van der Waals surface area contributed by atoms with Crippen molar-refractivity contribution >= 4 is 34.7 Å².